The molecule has 1 saturated heterocycles. The second kappa shape index (κ2) is 5.44. The monoisotopic (exact) mass is 317 g/mol. The molecule has 1 aromatic carbocycles. The first-order valence-electron chi connectivity index (χ1n) is 8.11. The lowest BCUT2D eigenvalue weighted by Crippen LogP contribution is -2.46. The van der Waals surface area contributed by atoms with Crippen molar-refractivity contribution in [3.8, 4) is 11.5 Å². The second-order valence-electron chi connectivity index (χ2n) is 6.45. The maximum atomic E-state index is 13.1. The third kappa shape index (κ3) is 2.24. The van der Waals surface area contributed by atoms with E-state index in [4.69, 9.17) is 9.47 Å². The Morgan fingerprint density at radius 3 is 2.83 bits per heavy atom. The molecule has 3 atom stereocenters. The summed E-state index contributed by atoms with van der Waals surface area (Å²) in [6.45, 7) is 0.0913. The summed E-state index contributed by atoms with van der Waals surface area (Å²) in [5.41, 5.74) is 0.400. The van der Waals surface area contributed by atoms with Gasteiger partial charge in [0.25, 0.3) is 5.91 Å². The van der Waals surface area contributed by atoms with Gasteiger partial charge in [-0.2, -0.15) is 0 Å². The summed E-state index contributed by atoms with van der Waals surface area (Å²) in [5, 5.41) is 9.57. The van der Waals surface area contributed by atoms with Crippen LogP contribution in [0.25, 0.3) is 0 Å². The van der Waals surface area contributed by atoms with Crippen molar-refractivity contribution in [3.05, 3.63) is 23.8 Å². The number of carboxylic acid groups (broad SMARTS) is 1. The largest absolute Gasteiger partial charge is 0.480 e. The van der Waals surface area contributed by atoms with Gasteiger partial charge in [0.15, 0.2) is 11.5 Å². The summed E-state index contributed by atoms with van der Waals surface area (Å²) in [6.07, 6.45) is 4.60. The molecule has 6 heteroatoms. The van der Waals surface area contributed by atoms with Gasteiger partial charge < -0.3 is 19.5 Å². The molecular weight excluding hydrogens is 298 g/mol. The molecule has 23 heavy (non-hydrogen) atoms. The molecule has 3 aliphatic rings. The lowest BCUT2D eigenvalue weighted by molar-refractivity contribution is -0.141. The molecule has 1 N–H and O–H groups in total. The number of ether oxygens (including phenoxy) is 2. The zero-order valence-electron chi connectivity index (χ0n) is 12.7. The van der Waals surface area contributed by atoms with E-state index in [9.17, 15) is 14.7 Å². The molecule has 0 bridgehead atoms. The number of amides is 1. The van der Waals surface area contributed by atoms with E-state index >= 15 is 0 Å². The Morgan fingerprint density at radius 1 is 1.17 bits per heavy atom. The van der Waals surface area contributed by atoms with Gasteiger partial charge in [-0.15, -0.1) is 0 Å². The molecule has 1 amide bonds. The summed E-state index contributed by atoms with van der Waals surface area (Å²) in [5.74, 6) is 0.0948. The number of nitrogens with zero attached hydrogens (tertiary/aromatic N) is 1. The Labute approximate surface area is 134 Å². The number of benzene rings is 1. The molecule has 0 aromatic heterocycles. The lowest BCUT2D eigenvalue weighted by Gasteiger charge is -2.33. The summed E-state index contributed by atoms with van der Waals surface area (Å²) >= 11 is 0. The number of carboxylic acids is 1. The van der Waals surface area contributed by atoms with Crippen molar-refractivity contribution in [2.24, 2.45) is 5.92 Å². The van der Waals surface area contributed by atoms with Crippen LogP contribution in [0.5, 0.6) is 11.5 Å². The van der Waals surface area contributed by atoms with Gasteiger partial charge in [0.1, 0.15) is 6.04 Å². The smallest absolute Gasteiger partial charge is 0.326 e. The Morgan fingerprint density at radius 2 is 2.00 bits per heavy atom. The third-order valence-corrected chi connectivity index (χ3v) is 5.23. The summed E-state index contributed by atoms with van der Waals surface area (Å²) in [4.78, 5) is 26.4. The van der Waals surface area contributed by atoms with E-state index in [1.54, 1.807) is 23.1 Å². The van der Waals surface area contributed by atoms with Crippen molar-refractivity contribution in [2.75, 3.05) is 6.79 Å². The maximum absolute atomic E-state index is 13.1. The number of hydrogen-bond acceptors (Lipinski definition) is 4. The molecule has 4 rings (SSSR count). The molecular formula is C17H19NO5. The van der Waals surface area contributed by atoms with Crippen molar-refractivity contribution in [2.45, 2.75) is 44.2 Å². The van der Waals surface area contributed by atoms with Crippen LogP contribution in [0.1, 0.15) is 42.5 Å². The van der Waals surface area contributed by atoms with Crippen LogP contribution in [0, 0.1) is 5.92 Å². The van der Waals surface area contributed by atoms with Crippen molar-refractivity contribution >= 4 is 11.9 Å². The van der Waals surface area contributed by atoms with Crippen LogP contribution in [-0.4, -0.2) is 40.8 Å². The Kier molecular flexibility index (Phi) is 3.39. The van der Waals surface area contributed by atoms with E-state index < -0.39 is 12.0 Å². The molecule has 0 spiro atoms. The first kappa shape index (κ1) is 14.4. The SMILES string of the molecule is O=C(O)[C@@H]1C[C@@H]2CCCC[C@@H]2N1C(=O)c1cccc2c1OCO2. The quantitative estimate of drug-likeness (QED) is 0.905. The standard InChI is InChI=1S/C17H19NO5/c19-16(11-5-3-7-14-15(11)23-9-22-14)18-12-6-2-1-4-10(12)8-13(18)17(20)21/h3,5,7,10,12-13H,1-2,4,6,8-9H2,(H,20,21)/t10-,12-,13-/m0/s1. The number of rotatable bonds is 2. The van der Waals surface area contributed by atoms with Gasteiger partial charge >= 0.3 is 5.97 Å². The van der Waals surface area contributed by atoms with Crippen molar-refractivity contribution in [1.29, 1.82) is 0 Å². The second-order valence-corrected chi connectivity index (χ2v) is 6.45. The van der Waals surface area contributed by atoms with Gasteiger partial charge in [0.2, 0.25) is 6.79 Å². The van der Waals surface area contributed by atoms with E-state index in [-0.39, 0.29) is 18.7 Å². The highest BCUT2D eigenvalue weighted by atomic mass is 16.7. The zero-order chi connectivity index (χ0) is 16.0. The molecule has 2 aliphatic heterocycles. The first-order valence-corrected chi connectivity index (χ1v) is 8.11. The van der Waals surface area contributed by atoms with Crippen LogP contribution >= 0.6 is 0 Å². The summed E-state index contributed by atoms with van der Waals surface area (Å²) < 4.78 is 10.7. The Hall–Kier alpha value is -2.24. The topological polar surface area (TPSA) is 76.1 Å². The highest BCUT2D eigenvalue weighted by Gasteiger charge is 2.48. The number of carbonyl (C=O) groups is 2. The number of hydrogen-bond donors (Lipinski definition) is 1. The van der Waals surface area contributed by atoms with Crippen LogP contribution in [0.4, 0.5) is 0 Å². The van der Waals surface area contributed by atoms with Crippen LogP contribution < -0.4 is 9.47 Å². The molecule has 0 unspecified atom stereocenters. The van der Waals surface area contributed by atoms with Gasteiger partial charge in [-0.25, -0.2) is 4.79 Å². The number of likely N-dealkylation sites (tertiary alicyclic amines) is 1. The molecule has 1 aliphatic carbocycles. The van der Waals surface area contributed by atoms with Gasteiger partial charge in [0.05, 0.1) is 5.56 Å². The van der Waals surface area contributed by atoms with Crippen LogP contribution in [0.15, 0.2) is 18.2 Å². The van der Waals surface area contributed by atoms with E-state index in [1.165, 1.54) is 0 Å². The normalized spacial score (nSPS) is 28.5. The fraction of sp³-hybridized carbons (Fsp3) is 0.529. The minimum absolute atomic E-state index is 0.0236. The van der Waals surface area contributed by atoms with Crippen LogP contribution in [0.3, 0.4) is 0 Å². The van der Waals surface area contributed by atoms with Crippen molar-refractivity contribution in [1.82, 2.24) is 4.90 Å². The van der Waals surface area contributed by atoms with Gasteiger partial charge in [-0.05, 0) is 37.3 Å². The van der Waals surface area contributed by atoms with Crippen molar-refractivity contribution < 1.29 is 24.2 Å². The van der Waals surface area contributed by atoms with Gasteiger partial charge in [0, 0.05) is 6.04 Å². The van der Waals surface area contributed by atoms with E-state index in [0.717, 1.165) is 25.7 Å². The van der Waals surface area contributed by atoms with Crippen LogP contribution in [-0.2, 0) is 4.79 Å². The number of aliphatic carboxylic acids is 1. The molecule has 2 fully saturated rings. The molecule has 1 aromatic rings. The Balaban J connectivity index is 1.71. The predicted molar refractivity (Wildman–Crippen MR) is 80.5 cm³/mol. The number of para-hydroxylation sites is 1. The van der Waals surface area contributed by atoms with Gasteiger partial charge in [-0.3, -0.25) is 4.79 Å². The summed E-state index contributed by atoms with van der Waals surface area (Å²) in [6, 6.07) is 4.46. The minimum Gasteiger partial charge on any atom is -0.480 e. The molecule has 1 saturated carbocycles. The average Bonchev–Trinajstić information content (AvgIpc) is 3.18. The zero-order valence-corrected chi connectivity index (χ0v) is 12.7. The summed E-state index contributed by atoms with van der Waals surface area (Å²) in [7, 11) is 0. The van der Waals surface area contributed by atoms with Gasteiger partial charge in [-0.1, -0.05) is 18.9 Å². The maximum Gasteiger partial charge on any atom is 0.326 e. The van der Waals surface area contributed by atoms with E-state index in [1.807, 2.05) is 0 Å². The highest BCUT2D eigenvalue weighted by Crippen LogP contribution is 2.43. The van der Waals surface area contributed by atoms with E-state index in [0.29, 0.717) is 29.4 Å². The Bertz CT molecular complexity index is 658. The molecule has 2 heterocycles. The van der Waals surface area contributed by atoms with E-state index in [2.05, 4.69) is 0 Å². The van der Waals surface area contributed by atoms with Crippen molar-refractivity contribution in [3.63, 3.8) is 0 Å². The fourth-order valence-electron chi connectivity index (χ4n) is 4.21. The molecule has 122 valence electrons. The lowest BCUT2D eigenvalue weighted by atomic mass is 9.84. The fourth-order valence-corrected chi connectivity index (χ4v) is 4.21. The first-order chi connectivity index (χ1) is 11.2. The molecule has 6 nitrogen and oxygen atoms in total. The third-order valence-electron chi connectivity index (χ3n) is 5.23. The molecule has 0 radical (unpaired) electrons. The predicted octanol–water partition coefficient (Wildman–Crippen LogP) is 2.27. The highest BCUT2D eigenvalue weighted by molar-refractivity contribution is 6.00. The number of carbonyl (C=O) groups excluding carboxylic acids is 1. The minimum atomic E-state index is -0.919. The number of fused-ring (bicyclic) bond motifs is 2. The van der Waals surface area contributed by atoms with Crippen LogP contribution in [0.2, 0.25) is 0 Å². The average molecular weight is 317 g/mol.